The van der Waals surface area contributed by atoms with Gasteiger partial charge < -0.3 is 19.5 Å². The second-order valence-corrected chi connectivity index (χ2v) is 4.95. The minimum absolute atomic E-state index is 0.181. The largest absolute Gasteiger partial charge is 0.494 e. The third kappa shape index (κ3) is 4.26. The maximum Gasteiger partial charge on any atom is 0.294 e. The molecule has 1 heterocycles. The smallest absolute Gasteiger partial charge is 0.294 e. The summed E-state index contributed by atoms with van der Waals surface area (Å²) in [5.41, 5.74) is 1.77. The van der Waals surface area contributed by atoms with E-state index in [1.165, 1.54) is 6.26 Å². The van der Waals surface area contributed by atoms with Crippen LogP contribution in [0.2, 0.25) is 0 Å². The zero-order chi connectivity index (χ0) is 15.9. The first kappa shape index (κ1) is 15.0. The molecule has 0 radical (unpaired) electrons. The molecule has 2 aromatic carbocycles. The van der Waals surface area contributed by atoms with E-state index in [9.17, 15) is 4.79 Å². The van der Waals surface area contributed by atoms with Crippen molar-refractivity contribution >= 4 is 11.6 Å². The zero-order valence-corrected chi connectivity index (χ0v) is 12.5. The Balaban J connectivity index is 1.54. The number of anilines is 1. The number of rotatable bonds is 5. The van der Waals surface area contributed by atoms with Crippen LogP contribution >= 0.6 is 0 Å². The molecule has 1 aliphatic heterocycles. The number of ether oxygens (including phenoxy) is 3. The van der Waals surface area contributed by atoms with Gasteiger partial charge >= 0.3 is 0 Å². The normalized spacial score (nSPS) is 13.3. The predicted octanol–water partition coefficient (Wildman–Crippen LogP) is 3.09. The van der Waals surface area contributed by atoms with Gasteiger partial charge in [0.2, 0.25) is 5.76 Å². The van der Waals surface area contributed by atoms with Gasteiger partial charge in [-0.2, -0.15) is 0 Å². The molecule has 2 aromatic rings. The third-order valence-corrected chi connectivity index (χ3v) is 3.23. The average Bonchev–Trinajstić information content (AvgIpc) is 2.63. The summed E-state index contributed by atoms with van der Waals surface area (Å²) in [6, 6.07) is 17.1. The van der Waals surface area contributed by atoms with E-state index < -0.39 is 0 Å². The highest BCUT2D eigenvalue weighted by atomic mass is 16.6. The molecular weight excluding hydrogens is 294 g/mol. The van der Waals surface area contributed by atoms with Gasteiger partial charge in [0.1, 0.15) is 31.8 Å². The van der Waals surface area contributed by atoms with Crippen molar-refractivity contribution < 1.29 is 19.0 Å². The van der Waals surface area contributed by atoms with Gasteiger partial charge in [-0.25, -0.2) is 0 Å². The van der Waals surface area contributed by atoms with Gasteiger partial charge in [-0.3, -0.25) is 4.79 Å². The SMILES string of the molecule is O=C(Nc1ccc(OCc2ccccc2)cc1)C1=COCCO1. The highest BCUT2D eigenvalue weighted by Crippen LogP contribution is 2.18. The van der Waals surface area contributed by atoms with Gasteiger partial charge in [0, 0.05) is 5.69 Å². The molecule has 0 spiro atoms. The number of amides is 1. The van der Waals surface area contributed by atoms with Crippen LogP contribution in [0, 0.1) is 0 Å². The number of carbonyl (C=O) groups is 1. The lowest BCUT2D eigenvalue weighted by Crippen LogP contribution is -2.21. The van der Waals surface area contributed by atoms with Gasteiger partial charge in [0.25, 0.3) is 5.91 Å². The third-order valence-electron chi connectivity index (χ3n) is 3.23. The Kier molecular flexibility index (Phi) is 4.79. The maximum absolute atomic E-state index is 11.9. The predicted molar refractivity (Wildman–Crippen MR) is 85.8 cm³/mol. The average molecular weight is 311 g/mol. The molecule has 1 aliphatic rings. The van der Waals surface area contributed by atoms with Crippen molar-refractivity contribution in [3.05, 3.63) is 72.2 Å². The Morgan fingerprint density at radius 2 is 1.83 bits per heavy atom. The Labute approximate surface area is 134 Å². The summed E-state index contributed by atoms with van der Waals surface area (Å²) in [5.74, 6) is 0.589. The second-order valence-electron chi connectivity index (χ2n) is 4.95. The van der Waals surface area contributed by atoms with Gasteiger partial charge in [-0.05, 0) is 29.8 Å². The van der Waals surface area contributed by atoms with E-state index in [1.54, 1.807) is 12.1 Å². The Hall–Kier alpha value is -2.95. The summed E-state index contributed by atoms with van der Waals surface area (Å²) in [6.45, 7) is 1.35. The van der Waals surface area contributed by atoms with E-state index in [0.29, 0.717) is 25.5 Å². The van der Waals surface area contributed by atoms with Gasteiger partial charge in [-0.15, -0.1) is 0 Å². The van der Waals surface area contributed by atoms with Crippen molar-refractivity contribution in [2.24, 2.45) is 0 Å². The van der Waals surface area contributed by atoms with Gasteiger partial charge in [-0.1, -0.05) is 30.3 Å². The van der Waals surface area contributed by atoms with Crippen LogP contribution in [0.4, 0.5) is 5.69 Å². The minimum Gasteiger partial charge on any atom is -0.494 e. The van der Waals surface area contributed by atoms with E-state index in [4.69, 9.17) is 14.2 Å². The lowest BCUT2D eigenvalue weighted by atomic mass is 10.2. The van der Waals surface area contributed by atoms with Crippen molar-refractivity contribution in [2.45, 2.75) is 6.61 Å². The first-order valence-corrected chi connectivity index (χ1v) is 7.34. The molecule has 0 fully saturated rings. The molecule has 1 amide bonds. The van der Waals surface area contributed by atoms with Crippen molar-refractivity contribution in [1.29, 1.82) is 0 Å². The number of benzene rings is 2. The Morgan fingerprint density at radius 1 is 1.04 bits per heavy atom. The van der Waals surface area contributed by atoms with E-state index in [-0.39, 0.29) is 11.7 Å². The number of hydrogen-bond donors (Lipinski definition) is 1. The first-order valence-electron chi connectivity index (χ1n) is 7.34. The summed E-state index contributed by atoms with van der Waals surface area (Å²) in [4.78, 5) is 11.9. The quantitative estimate of drug-likeness (QED) is 0.922. The number of hydrogen-bond acceptors (Lipinski definition) is 4. The number of carbonyl (C=O) groups excluding carboxylic acids is 1. The van der Waals surface area contributed by atoms with Crippen LogP contribution in [0.1, 0.15) is 5.56 Å². The molecule has 23 heavy (non-hydrogen) atoms. The van der Waals surface area contributed by atoms with E-state index in [2.05, 4.69) is 5.32 Å². The molecule has 0 aliphatic carbocycles. The molecule has 0 unspecified atom stereocenters. The molecule has 118 valence electrons. The van der Waals surface area contributed by atoms with Crippen LogP contribution in [-0.4, -0.2) is 19.1 Å². The summed E-state index contributed by atoms with van der Waals surface area (Å²) < 4.78 is 16.0. The molecular formula is C18H17NO4. The summed E-state index contributed by atoms with van der Waals surface area (Å²) in [7, 11) is 0. The minimum atomic E-state index is -0.331. The van der Waals surface area contributed by atoms with Crippen molar-refractivity contribution in [1.82, 2.24) is 0 Å². The Bertz CT molecular complexity index is 680. The second kappa shape index (κ2) is 7.35. The van der Waals surface area contributed by atoms with Gasteiger partial charge in [0.05, 0.1) is 0 Å². The van der Waals surface area contributed by atoms with Crippen LogP contribution in [-0.2, 0) is 20.9 Å². The standard InChI is InChI=1S/C18H17NO4/c20-18(17-13-21-10-11-22-17)19-15-6-8-16(9-7-15)23-12-14-4-2-1-3-5-14/h1-9,13H,10-12H2,(H,19,20). The lowest BCUT2D eigenvalue weighted by molar-refractivity contribution is -0.117. The van der Waals surface area contributed by atoms with Crippen molar-refractivity contribution in [3.8, 4) is 5.75 Å². The molecule has 1 N–H and O–H groups in total. The molecule has 0 atom stereocenters. The summed E-state index contributed by atoms with van der Waals surface area (Å²) >= 11 is 0. The van der Waals surface area contributed by atoms with E-state index in [0.717, 1.165) is 11.3 Å². The topological polar surface area (TPSA) is 56.8 Å². The molecule has 5 nitrogen and oxygen atoms in total. The molecule has 0 saturated carbocycles. The monoisotopic (exact) mass is 311 g/mol. The zero-order valence-electron chi connectivity index (χ0n) is 12.5. The van der Waals surface area contributed by atoms with Gasteiger partial charge in [0.15, 0.2) is 0 Å². The fraction of sp³-hybridized carbons (Fsp3) is 0.167. The molecule has 5 heteroatoms. The fourth-order valence-electron chi connectivity index (χ4n) is 2.06. The van der Waals surface area contributed by atoms with Crippen LogP contribution in [0.25, 0.3) is 0 Å². The highest BCUT2D eigenvalue weighted by Gasteiger charge is 2.14. The van der Waals surface area contributed by atoms with Crippen LogP contribution in [0.5, 0.6) is 5.75 Å². The summed E-state index contributed by atoms with van der Waals surface area (Å²) in [6.07, 6.45) is 1.33. The first-order chi connectivity index (χ1) is 11.3. The fourth-order valence-corrected chi connectivity index (χ4v) is 2.06. The van der Waals surface area contributed by atoms with Crippen molar-refractivity contribution in [2.75, 3.05) is 18.5 Å². The molecule has 0 bridgehead atoms. The lowest BCUT2D eigenvalue weighted by Gasteiger charge is -2.15. The number of nitrogens with one attached hydrogen (secondary N) is 1. The molecule has 0 saturated heterocycles. The molecule has 0 aromatic heterocycles. The summed E-state index contributed by atoms with van der Waals surface area (Å²) in [5, 5.41) is 2.74. The highest BCUT2D eigenvalue weighted by molar-refractivity contribution is 6.02. The van der Waals surface area contributed by atoms with Crippen molar-refractivity contribution in [3.63, 3.8) is 0 Å². The van der Waals surface area contributed by atoms with Crippen LogP contribution in [0.3, 0.4) is 0 Å². The maximum atomic E-state index is 11.9. The van der Waals surface area contributed by atoms with E-state index >= 15 is 0 Å². The van der Waals surface area contributed by atoms with Crippen LogP contribution < -0.4 is 10.1 Å². The van der Waals surface area contributed by atoms with Crippen LogP contribution in [0.15, 0.2) is 66.6 Å². The van der Waals surface area contributed by atoms with E-state index in [1.807, 2.05) is 42.5 Å². The molecule has 3 rings (SSSR count). The Morgan fingerprint density at radius 3 is 2.52 bits per heavy atom.